The lowest BCUT2D eigenvalue weighted by Crippen LogP contribution is -2.26. The fourth-order valence-corrected chi connectivity index (χ4v) is 2.59. The highest BCUT2D eigenvalue weighted by Gasteiger charge is 2.15. The normalized spacial score (nSPS) is 11.4. The molecule has 3 aromatic rings. The van der Waals surface area contributed by atoms with E-state index in [0.29, 0.717) is 17.7 Å². The van der Waals surface area contributed by atoms with Crippen molar-refractivity contribution >= 4 is 34.5 Å². The van der Waals surface area contributed by atoms with Gasteiger partial charge in [0, 0.05) is 18.0 Å². The highest BCUT2D eigenvalue weighted by atomic mass is 16.3. The van der Waals surface area contributed by atoms with Crippen LogP contribution in [0.25, 0.3) is 17.0 Å². The van der Waals surface area contributed by atoms with E-state index in [1.807, 2.05) is 12.1 Å². The van der Waals surface area contributed by atoms with E-state index in [0.717, 1.165) is 5.52 Å². The minimum atomic E-state index is -0.653. The molecule has 3 rings (SSSR count). The molecule has 0 aliphatic heterocycles. The van der Waals surface area contributed by atoms with Crippen molar-refractivity contribution in [1.29, 1.82) is 0 Å². The smallest absolute Gasteiger partial charge is 0.283 e. The molecule has 0 bridgehead atoms. The Morgan fingerprint density at radius 3 is 2.82 bits per heavy atom. The van der Waals surface area contributed by atoms with E-state index in [1.54, 1.807) is 34.9 Å². The van der Waals surface area contributed by atoms with Crippen molar-refractivity contribution in [3.05, 3.63) is 67.2 Å². The van der Waals surface area contributed by atoms with Gasteiger partial charge in [0.15, 0.2) is 5.69 Å². The fourth-order valence-electron chi connectivity index (χ4n) is 2.59. The first-order valence-corrected chi connectivity index (χ1v) is 8.45. The molecule has 1 aromatic carbocycles. The third-order valence-corrected chi connectivity index (χ3v) is 3.85. The number of benzene rings is 1. The second kappa shape index (κ2) is 8.63. The van der Waals surface area contributed by atoms with Crippen LogP contribution in [0.15, 0.2) is 76.0 Å². The van der Waals surface area contributed by atoms with Crippen LogP contribution in [0.3, 0.4) is 0 Å². The molecule has 8 nitrogen and oxygen atoms in total. The van der Waals surface area contributed by atoms with E-state index in [9.17, 15) is 14.7 Å². The Morgan fingerprint density at radius 1 is 1.25 bits per heavy atom. The van der Waals surface area contributed by atoms with Crippen LogP contribution in [-0.4, -0.2) is 28.0 Å². The number of azo groups is 1. The topological polar surface area (TPSA) is 109 Å². The summed E-state index contributed by atoms with van der Waals surface area (Å²) in [6.45, 7) is 3.73. The molecule has 0 aliphatic carbocycles. The van der Waals surface area contributed by atoms with Crippen LogP contribution >= 0.6 is 0 Å². The van der Waals surface area contributed by atoms with E-state index in [-0.39, 0.29) is 18.1 Å². The zero-order valence-electron chi connectivity index (χ0n) is 14.9. The number of carbonyl (C=O) groups excluding carboxylic acids is 2. The van der Waals surface area contributed by atoms with Gasteiger partial charge < -0.3 is 19.4 Å². The van der Waals surface area contributed by atoms with Crippen LogP contribution in [-0.2, 0) is 16.1 Å². The lowest BCUT2D eigenvalue weighted by molar-refractivity contribution is -0.122. The molecule has 0 saturated carbocycles. The number of hydrogen-bond acceptors (Lipinski definition) is 5. The predicted molar refractivity (Wildman–Crippen MR) is 104 cm³/mol. The SMILES string of the molecule is C=CCn1c(O)c(N=NC(=O)CNC(=O)C=Cc2ccco2)c2ccccc21. The highest BCUT2D eigenvalue weighted by Crippen LogP contribution is 2.38. The molecule has 0 aliphatic rings. The zero-order chi connectivity index (χ0) is 19.9. The van der Waals surface area contributed by atoms with Gasteiger partial charge in [0.2, 0.25) is 11.8 Å². The number of rotatable bonds is 7. The van der Waals surface area contributed by atoms with Crippen LogP contribution in [0.4, 0.5) is 5.69 Å². The lowest BCUT2D eigenvalue weighted by Gasteiger charge is -2.01. The molecule has 2 heterocycles. The molecule has 2 amide bonds. The Balaban J connectivity index is 1.66. The molecule has 2 N–H and O–H groups in total. The lowest BCUT2D eigenvalue weighted by atomic mass is 10.2. The minimum Gasteiger partial charge on any atom is -0.493 e. The molecule has 0 radical (unpaired) electrons. The van der Waals surface area contributed by atoms with Crippen molar-refractivity contribution in [2.75, 3.05) is 6.54 Å². The maximum Gasteiger partial charge on any atom is 0.283 e. The van der Waals surface area contributed by atoms with Crippen molar-refractivity contribution in [2.24, 2.45) is 10.2 Å². The van der Waals surface area contributed by atoms with E-state index in [1.165, 1.54) is 18.4 Å². The third kappa shape index (κ3) is 4.24. The number of aromatic hydroxyl groups is 1. The summed E-state index contributed by atoms with van der Waals surface area (Å²) in [5, 5.41) is 20.9. The van der Waals surface area contributed by atoms with E-state index in [2.05, 4.69) is 22.1 Å². The van der Waals surface area contributed by atoms with E-state index >= 15 is 0 Å². The molecule has 0 spiro atoms. The van der Waals surface area contributed by atoms with Crippen molar-refractivity contribution in [3.8, 4) is 5.88 Å². The van der Waals surface area contributed by atoms with Gasteiger partial charge in [-0.25, -0.2) is 0 Å². The molecule has 0 saturated heterocycles. The second-order valence-corrected chi connectivity index (χ2v) is 5.75. The van der Waals surface area contributed by atoms with Gasteiger partial charge in [-0.2, -0.15) is 0 Å². The number of nitrogens with zero attached hydrogens (tertiary/aromatic N) is 3. The van der Waals surface area contributed by atoms with Crippen molar-refractivity contribution in [2.45, 2.75) is 6.54 Å². The quantitative estimate of drug-likeness (QED) is 0.372. The Hall–Kier alpha value is -3.94. The summed E-state index contributed by atoms with van der Waals surface area (Å²) in [7, 11) is 0. The van der Waals surface area contributed by atoms with Crippen LogP contribution in [0.1, 0.15) is 5.76 Å². The van der Waals surface area contributed by atoms with Gasteiger partial charge in [-0.05, 0) is 24.3 Å². The van der Waals surface area contributed by atoms with Gasteiger partial charge in [-0.1, -0.05) is 24.3 Å². The number of allylic oxidation sites excluding steroid dienone is 1. The van der Waals surface area contributed by atoms with E-state index in [4.69, 9.17) is 4.42 Å². The van der Waals surface area contributed by atoms with Crippen LogP contribution in [0.2, 0.25) is 0 Å². The van der Waals surface area contributed by atoms with Crippen LogP contribution in [0, 0.1) is 0 Å². The van der Waals surface area contributed by atoms with Gasteiger partial charge in [0.25, 0.3) is 5.91 Å². The summed E-state index contributed by atoms with van der Waals surface area (Å²) in [6.07, 6.45) is 5.86. The van der Waals surface area contributed by atoms with Crippen LogP contribution in [0.5, 0.6) is 5.88 Å². The van der Waals surface area contributed by atoms with Crippen molar-refractivity contribution in [1.82, 2.24) is 9.88 Å². The predicted octanol–water partition coefficient (Wildman–Crippen LogP) is 3.57. The first-order valence-electron chi connectivity index (χ1n) is 8.45. The second-order valence-electron chi connectivity index (χ2n) is 5.75. The van der Waals surface area contributed by atoms with Gasteiger partial charge in [-0.3, -0.25) is 9.59 Å². The molecule has 28 heavy (non-hydrogen) atoms. The Morgan fingerprint density at radius 2 is 2.07 bits per heavy atom. The van der Waals surface area contributed by atoms with Gasteiger partial charge in [-0.15, -0.1) is 16.8 Å². The Bertz CT molecular complexity index is 1060. The molecule has 2 aromatic heterocycles. The Kier molecular flexibility index (Phi) is 5.81. The van der Waals surface area contributed by atoms with Gasteiger partial charge in [0.05, 0.1) is 11.8 Å². The highest BCUT2D eigenvalue weighted by molar-refractivity contribution is 5.96. The minimum absolute atomic E-state index is 0.108. The summed E-state index contributed by atoms with van der Waals surface area (Å²) in [6, 6.07) is 10.6. The van der Waals surface area contributed by atoms with Crippen LogP contribution < -0.4 is 5.32 Å². The summed E-state index contributed by atoms with van der Waals surface area (Å²) in [5.74, 6) is -0.708. The molecular formula is C20H18N4O4. The molecule has 0 unspecified atom stereocenters. The molecular weight excluding hydrogens is 360 g/mol. The summed E-state index contributed by atoms with van der Waals surface area (Å²) < 4.78 is 6.68. The Labute approximate surface area is 160 Å². The number of furan rings is 1. The van der Waals surface area contributed by atoms with Gasteiger partial charge >= 0.3 is 0 Å². The molecule has 8 heteroatoms. The number of amides is 2. The zero-order valence-corrected chi connectivity index (χ0v) is 14.9. The first-order chi connectivity index (χ1) is 13.6. The fraction of sp³-hybridized carbons (Fsp3) is 0.100. The van der Waals surface area contributed by atoms with Crippen molar-refractivity contribution in [3.63, 3.8) is 0 Å². The number of hydrogen-bond donors (Lipinski definition) is 2. The maximum absolute atomic E-state index is 11.9. The van der Waals surface area contributed by atoms with Crippen molar-refractivity contribution < 1.29 is 19.1 Å². The first kappa shape index (κ1) is 18.8. The summed E-state index contributed by atoms with van der Waals surface area (Å²) in [4.78, 5) is 23.6. The maximum atomic E-state index is 11.9. The third-order valence-electron chi connectivity index (χ3n) is 3.85. The summed E-state index contributed by atoms with van der Waals surface area (Å²) >= 11 is 0. The summed E-state index contributed by atoms with van der Waals surface area (Å²) in [5.41, 5.74) is 0.938. The number of carbonyl (C=O) groups is 2. The average molecular weight is 378 g/mol. The van der Waals surface area contributed by atoms with E-state index < -0.39 is 11.8 Å². The average Bonchev–Trinajstić information content (AvgIpc) is 3.31. The monoisotopic (exact) mass is 378 g/mol. The number of para-hydroxylation sites is 1. The number of nitrogens with one attached hydrogen (secondary N) is 1. The molecule has 0 atom stereocenters. The molecule has 0 fully saturated rings. The number of fused-ring (bicyclic) bond motifs is 1. The number of aromatic nitrogens is 1. The largest absolute Gasteiger partial charge is 0.493 e. The van der Waals surface area contributed by atoms with Gasteiger partial charge in [0.1, 0.15) is 12.3 Å². The molecule has 142 valence electrons. The standard InChI is InChI=1S/C20H18N4O4/c1-2-11-24-16-8-4-3-7-15(16)19(20(24)27)23-22-18(26)13-21-17(25)10-9-14-6-5-12-28-14/h2-10,12,27H,1,11,13H2,(H,21,25).